The zero-order valence-electron chi connectivity index (χ0n) is 15.5. The Labute approximate surface area is 160 Å². The molecule has 142 valence electrons. The van der Waals surface area contributed by atoms with Crippen LogP contribution in [0, 0.1) is 0 Å². The highest BCUT2D eigenvalue weighted by atomic mass is 16.5. The molecule has 0 bridgehead atoms. The molecule has 5 rings (SSSR count). The number of para-hydroxylation sites is 1. The van der Waals surface area contributed by atoms with E-state index in [1.54, 1.807) is 42.5 Å². The second kappa shape index (κ2) is 5.51. The lowest BCUT2D eigenvalue weighted by Gasteiger charge is -2.42. The van der Waals surface area contributed by atoms with E-state index in [1.807, 2.05) is 26.0 Å². The van der Waals surface area contributed by atoms with Crippen molar-refractivity contribution in [3.63, 3.8) is 0 Å². The lowest BCUT2D eigenvalue weighted by Crippen LogP contribution is -2.46. The standard InChI is InChI=1S/C21H19N3O4/c1-21(2)16-10-11-22-19(26)23(13-6-4-3-5-7-13)20(27)24(22)18(16)15-9-8-14(25)12-17(15)28-21/h3-10,12,18,25H,11H2,1-2H3/t18-/m1/s1. The summed E-state index contributed by atoms with van der Waals surface area (Å²) in [6.45, 7) is 4.14. The number of allylic oxidation sites excluding steroid dienone is 1. The van der Waals surface area contributed by atoms with Crippen LogP contribution in [-0.2, 0) is 6.54 Å². The summed E-state index contributed by atoms with van der Waals surface area (Å²) in [6.07, 6.45) is 1.95. The Morgan fingerprint density at radius 3 is 2.57 bits per heavy atom. The maximum absolute atomic E-state index is 13.4. The van der Waals surface area contributed by atoms with E-state index in [-0.39, 0.29) is 11.4 Å². The van der Waals surface area contributed by atoms with Crippen molar-refractivity contribution in [1.82, 2.24) is 13.9 Å². The second-order valence-electron chi connectivity index (χ2n) is 7.56. The third kappa shape index (κ3) is 2.16. The topological polar surface area (TPSA) is 78.4 Å². The monoisotopic (exact) mass is 377 g/mol. The maximum atomic E-state index is 13.4. The van der Waals surface area contributed by atoms with Crippen LogP contribution in [0.5, 0.6) is 11.5 Å². The van der Waals surface area contributed by atoms with Gasteiger partial charge in [0.15, 0.2) is 0 Å². The van der Waals surface area contributed by atoms with Gasteiger partial charge >= 0.3 is 11.4 Å². The fraction of sp³-hybridized carbons (Fsp3) is 0.238. The fourth-order valence-electron chi connectivity index (χ4n) is 4.18. The van der Waals surface area contributed by atoms with E-state index in [1.165, 1.54) is 13.9 Å². The summed E-state index contributed by atoms with van der Waals surface area (Å²) in [4.78, 5) is 26.4. The summed E-state index contributed by atoms with van der Waals surface area (Å²) in [6, 6.07) is 13.3. The van der Waals surface area contributed by atoms with Gasteiger partial charge in [-0.15, -0.1) is 0 Å². The number of hydrogen-bond donors (Lipinski definition) is 1. The minimum atomic E-state index is -0.680. The Kier molecular flexibility index (Phi) is 3.28. The van der Waals surface area contributed by atoms with Crippen molar-refractivity contribution >= 4 is 0 Å². The Hall–Kier alpha value is -3.48. The molecule has 2 aromatic carbocycles. The van der Waals surface area contributed by atoms with Gasteiger partial charge in [0.2, 0.25) is 0 Å². The zero-order valence-corrected chi connectivity index (χ0v) is 15.5. The van der Waals surface area contributed by atoms with Gasteiger partial charge in [-0.1, -0.05) is 24.3 Å². The highest BCUT2D eigenvalue weighted by Crippen LogP contribution is 2.46. The number of phenolic OH excluding ortho intramolecular Hbond substituents is 1. The summed E-state index contributed by atoms with van der Waals surface area (Å²) in [5, 5.41) is 9.88. The van der Waals surface area contributed by atoms with E-state index in [0.717, 1.165) is 11.1 Å². The molecule has 7 nitrogen and oxygen atoms in total. The van der Waals surface area contributed by atoms with Gasteiger partial charge in [0, 0.05) is 11.6 Å². The molecule has 0 radical (unpaired) electrons. The van der Waals surface area contributed by atoms with Crippen LogP contribution >= 0.6 is 0 Å². The molecule has 2 aliphatic rings. The number of fused-ring (bicyclic) bond motifs is 5. The minimum Gasteiger partial charge on any atom is -0.508 e. The SMILES string of the molecule is CC1(C)Oc2cc(O)ccc2[C@@H]2C1=CCn1c(=O)n(-c3ccccc3)c(=O)n12. The first-order valence-corrected chi connectivity index (χ1v) is 9.11. The Balaban J connectivity index is 1.81. The van der Waals surface area contributed by atoms with Crippen molar-refractivity contribution in [3.05, 3.63) is 86.7 Å². The average Bonchev–Trinajstić information content (AvgIpc) is 2.92. The van der Waals surface area contributed by atoms with Gasteiger partial charge in [-0.05, 0) is 43.7 Å². The second-order valence-corrected chi connectivity index (χ2v) is 7.56. The predicted molar refractivity (Wildman–Crippen MR) is 103 cm³/mol. The molecule has 0 saturated carbocycles. The first-order chi connectivity index (χ1) is 13.4. The predicted octanol–water partition coefficient (Wildman–Crippen LogP) is 2.21. The molecule has 1 atom stereocenters. The van der Waals surface area contributed by atoms with Crippen molar-refractivity contribution in [2.24, 2.45) is 0 Å². The van der Waals surface area contributed by atoms with E-state index >= 15 is 0 Å². The Morgan fingerprint density at radius 1 is 1.07 bits per heavy atom. The van der Waals surface area contributed by atoms with Gasteiger partial charge in [-0.2, -0.15) is 0 Å². The number of ether oxygens (including phenoxy) is 1. The molecule has 0 fully saturated rings. The van der Waals surface area contributed by atoms with Crippen molar-refractivity contribution in [2.75, 3.05) is 0 Å². The smallest absolute Gasteiger partial charge is 0.352 e. The molecule has 0 aliphatic carbocycles. The minimum absolute atomic E-state index is 0.0874. The number of phenols is 1. The van der Waals surface area contributed by atoms with Crippen LogP contribution in [0.25, 0.3) is 5.69 Å². The van der Waals surface area contributed by atoms with Crippen LogP contribution in [0.15, 0.2) is 69.8 Å². The first kappa shape index (κ1) is 16.7. The largest absolute Gasteiger partial charge is 0.508 e. The number of rotatable bonds is 1. The van der Waals surface area contributed by atoms with E-state index in [2.05, 4.69) is 0 Å². The molecule has 3 heterocycles. The summed E-state index contributed by atoms with van der Waals surface area (Å²) in [5.41, 5.74) is 0.730. The summed E-state index contributed by atoms with van der Waals surface area (Å²) >= 11 is 0. The van der Waals surface area contributed by atoms with E-state index in [0.29, 0.717) is 18.0 Å². The normalized spacial score (nSPS) is 19.1. The van der Waals surface area contributed by atoms with Crippen molar-refractivity contribution in [3.8, 4) is 17.2 Å². The summed E-state index contributed by atoms with van der Waals surface area (Å²) in [7, 11) is 0. The molecule has 0 spiro atoms. The molecular weight excluding hydrogens is 358 g/mol. The third-order valence-corrected chi connectivity index (χ3v) is 5.45. The Bertz CT molecular complexity index is 1240. The molecular formula is C21H19N3O4. The number of nitrogens with zero attached hydrogens (tertiary/aromatic N) is 3. The van der Waals surface area contributed by atoms with Crippen molar-refractivity contribution in [1.29, 1.82) is 0 Å². The van der Waals surface area contributed by atoms with Crippen molar-refractivity contribution in [2.45, 2.75) is 32.0 Å². The number of aromatic hydroxyl groups is 1. The van der Waals surface area contributed by atoms with Crippen molar-refractivity contribution < 1.29 is 9.84 Å². The molecule has 1 aromatic heterocycles. The molecule has 1 N–H and O–H groups in total. The molecule has 0 amide bonds. The van der Waals surface area contributed by atoms with Gasteiger partial charge in [0.05, 0.1) is 12.2 Å². The van der Waals surface area contributed by atoms with Crippen LogP contribution in [-0.4, -0.2) is 24.6 Å². The zero-order chi connectivity index (χ0) is 19.6. The number of hydrogen-bond acceptors (Lipinski definition) is 4. The van der Waals surface area contributed by atoms with Crippen LogP contribution in [0.2, 0.25) is 0 Å². The summed E-state index contributed by atoms with van der Waals surface area (Å²) in [5.74, 6) is 0.594. The Morgan fingerprint density at radius 2 is 1.82 bits per heavy atom. The van der Waals surface area contributed by atoms with Gasteiger partial charge in [-0.3, -0.25) is 0 Å². The van der Waals surface area contributed by atoms with E-state index in [4.69, 9.17) is 4.74 Å². The molecule has 0 saturated heterocycles. The quantitative estimate of drug-likeness (QED) is 0.660. The van der Waals surface area contributed by atoms with Crippen LogP contribution in [0.1, 0.15) is 25.5 Å². The summed E-state index contributed by atoms with van der Waals surface area (Å²) < 4.78 is 10.3. The third-order valence-electron chi connectivity index (χ3n) is 5.45. The van der Waals surface area contributed by atoms with E-state index in [9.17, 15) is 14.7 Å². The van der Waals surface area contributed by atoms with Crippen LogP contribution in [0.3, 0.4) is 0 Å². The fourth-order valence-corrected chi connectivity index (χ4v) is 4.18. The highest BCUT2D eigenvalue weighted by molar-refractivity contribution is 5.50. The molecule has 28 heavy (non-hydrogen) atoms. The molecule has 0 unspecified atom stereocenters. The molecule has 3 aromatic rings. The first-order valence-electron chi connectivity index (χ1n) is 9.11. The highest BCUT2D eigenvalue weighted by Gasteiger charge is 2.43. The van der Waals surface area contributed by atoms with Gasteiger partial charge < -0.3 is 9.84 Å². The van der Waals surface area contributed by atoms with Gasteiger partial charge in [0.1, 0.15) is 23.1 Å². The lowest BCUT2D eigenvalue weighted by atomic mass is 9.83. The lowest BCUT2D eigenvalue weighted by molar-refractivity contribution is 0.113. The van der Waals surface area contributed by atoms with Gasteiger partial charge in [0.25, 0.3) is 0 Å². The van der Waals surface area contributed by atoms with Crippen LogP contribution in [0.4, 0.5) is 0 Å². The van der Waals surface area contributed by atoms with Gasteiger partial charge in [-0.25, -0.2) is 23.5 Å². The molecule has 7 heteroatoms. The maximum Gasteiger partial charge on any atom is 0.352 e. The number of aromatic nitrogens is 3. The van der Waals surface area contributed by atoms with Crippen LogP contribution < -0.4 is 16.1 Å². The molecule has 2 aliphatic heterocycles. The average molecular weight is 377 g/mol. The van der Waals surface area contributed by atoms with E-state index < -0.39 is 17.3 Å². The number of benzene rings is 2.